The zero-order chi connectivity index (χ0) is 12.4. The first-order chi connectivity index (χ1) is 8.88. The maximum absolute atomic E-state index is 5.84. The molecule has 5 nitrogen and oxygen atoms in total. The molecular weight excluding hydrogens is 228 g/mol. The lowest BCUT2D eigenvalue weighted by Crippen LogP contribution is -2.38. The number of anilines is 1. The first-order valence-electron chi connectivity index (χ1n) is 6.80. The average Bonchev–Trinajstić information content (AvgIpc) is 2.47. The summed E-state index contributed by atoms with van der Waals surface area (Å²) in [4.78, 5) is 11.6. The maximum Gasteiger partial charge on any atom is 0.226 e. The first kappa shape index (κ1) is 11.9. The number of nitrogens with two attached hydrogens (primary N) is 1. The van der Waals surface area contributed by atoms with Crippen LogP contribution < -0.4 is 10.6 Å². The molecule has 0 radical (unpaired) electrons. The van der Waals surface area contributed by atoms with Gasteiger partial charge in [-0.15, -0.1) is 0 Å². The third kappa shape index (κ3) is 2.20. The van der Waals surface area contributed by atoms with E-state index in [9.17, 15) is 0 Å². The minimum Gasteiger partial charge on any atom is -0.378 e. The van der Waals surface area contributed by atoms with E-state index < -0.39 is 0 Å². The van der Waals surface area contributed by atoms with E-state index in [-0.39, 0.29) is 0 Å². The van der Waals surface area contributed by atoms with Gasteiger partial charge >= 0.3 is 0 Å². The molecule has 3 rings (SSSR count). The summed E-state index contributed by atoms with van der Waals surface area (Å²) in [6.07, 6.45) is 4.63. The van der Waals surface area contributed by atoms with E-state index in [0.29, 0.717) is 6.54 Å². The number of fused-ring (bicyclic) bond motifs is 1. The Morgan fingerprint density at radius 3 is 2.67 bits per heavy atom. The number of rotatable bonds is 2. The van der Waals surface area contributed by atoms with Crippen molar-refractivity contribution in [3.05, 3.63) is 17.0 Å². The van der Waals surface area contributed by atoms with Gasteiger partial charge in [0.25, 0.3) is 0 Å². The largest absolute Gasteiger partial charge is 0.378 e. The van der Waals surface area contributed by atoms with Crippen LogP contribution in [0.5, 0.6) is 0 Å². The second-order valence-electron chi connectivity index (χ2n) is 4.91. The molecule has 98 valence electrons. The molecular formula is C13H20N4O. The molecule has 1 aromatic heterocycles. The fraction of sp³-hybridized carbons (Fsp3) is 0.692. The lowest BCUT2D eigenvalue weighted by molar-refractivity contribution is 0.122. The molecule has 0 spiro atoms. The second-order valence-corrected chi connectivity index (χ2v) is 4.91. The predicted molar refractivity (Wildman–Crippen MR) is 69.6 cm³/mol. The number of aromatic nitrogens is 2. The second kappa shape index (κ2) is 5.20. The van der Waals surface area contributed by atoms with E-state index in [2.05, 4.69) is 9.88 Å². The van der Waals surface area contributed by atoms with Crippen molar-refractivity contribution in [1.82, 2.24) is 9.97 Å². The van der Waals surface area contributed by atoms with Crippen LogP contribution in [0.3, 0.4) is 0 Å². The van der Waals surface area contributed by atoms with Crippen molar-refractivity contribution < 1.29 is 4.74 Å². The first-order valence-corrected chi connectivity index (χ1v) is 6.80. The Morgan fingerprint density at radius 2 is 1.89 bits per heavy atom. The molecule has 1 fully saturated rings. The van der Waals surface area contributed by atoms with E-state index in [1.807, 2.05) is 0 Å². The van der Waals surface area contributed by atoms with Crippen LogP contribution >= 0.6 is 0 Å². The van der Waals surface area contributed by atoms with Gasteiger partial charge in [-0.3, -0.25) is 0 Å². The molecule has 2 heterocycles. The van der Waals surface area contributed by atoms with Gasteiger partial charge < -0.3 is 15.4 Å². The summed E-state index contributed by atoms with van der Waals surface area (Å²) in [5.41, 5.74) is 9.41. The van der Waals surface area contributed by atoms with Crippen LogP contribution in [0, 0.1) is 0 Å². The molecule has 0 unspecified atom stereocenters. The van der Waals surface area contributed by atoms with E-state index in [1.165, 1.54) is 24.1 Å². The fourth-order valence-electron chi connectivity index (χ4n) is 2.73. The number of nitrogens with zero attached hydrogens (tertiary/aromatic N) is 3. The highest BCUT2D eigenvalue weighted by atomic mass is 16.5. The number of ether oxygens (including phenoxy) is 1. The van der Waals surface area contributed by atoms with Gasteiger partial charge in [-0.1, -0.05) is 0 Å². The van der Waals surface area contributed by atoms with E-state index in [1.54, 1.807) is 0 Å². The van der Waals surface area contributed by atoms with Gasteiger partial charge in [-0.05, 0) is 31.2 Å². The highest BCUT2D eigenvalue weighted by Gasteiger charge is 2.20. The van der Waals surface area contributed by atoms with Crippen molar-refractivity contribution in [2.45, 2.75) is 32.2 Å². The summed E-state index contributed by atoms with van der Waals surface area (Å²) in [5.74, 6) is 0.847. The smallest absolute Gasteiger partial charge is 0.226 e. The van der Waals surface area contributed by atoms with E-state index in [0.717, 1.165) is 50.8 Å². The Hall–Kier alpha value is -1.20. The van der Waals surface area contributed by atoms with Crippen LogP contribution in [0.4, 0.5) is 5.95 Å². The van der Waals surface area contributed by atoms with Crippen molar-refractivity contribution in [2.75, 3.05) is 31.2 Å². The lowest BCUT2D eigenvalue weighted by Gasteiger charge is -2.28. The minimum atomic E-state index is 0.516. The van der Waals surface area contributed by atoms with Crippen LogP contribution in [0.2, 0.25) is 0 Å². The molecule has 1 saturated heterocycles. The molecule has 0 amide bonds. The van der Waals surface area contributed by atoms with Gasteiger partial charge in [0.15, 0.2) is 0 Å². The Kier molecular flexibility index (Phi) is 3.43. The Balaban J connectivity index is 1.94. The highest BCUT2D eigenvalue weighted by molar-refractivity contribution is 5.38. The molecule has 0 bridgehead atoms. The van der Waals surface area contributed by atoms with Crippen molar-refractivity contribution in [1.29, 1.82) is 0 Å². The number of hydrogen-bond acceptors (Lipinski definition) is 5. The normalized spacial score (nSPS) is 19.7. The number of hydrogen-bond donors (Lipinski definition) is 1. The maximum atomic E-state index is 5.84. The molecule has 1 aliphatic carbocycles. The molecule has 0 atom stereocenters. The van der Waals surface area contributed by atoms with Crippen molar-refractivity contribution in [2.24, 2.45) is 5.73 Å². The van der Waals surface area contributed by atoms with Crippen molar-refractivity contribution in [3.8, 4) is 0 Å². The summed E-state index contributed by atoms with van der Waals surface area (Å²) in [6, 6.07) is 0. The SMILES string of the molecule is NCc1nc(N2CCOCC2)nc2c1CCCC2. The van der Waals surface area contributed by atoms with Gasteiger partial charge in [-0.25, -0.2) is 9.97 Å². The third-order valence-corrected chi connectivity index (χ3v) is 3.74. The molecule has 5 heteroatoms. The summed E-state index contributed by atoms with van der Waals surface area (Å²) >= 11 is 0. The van der Waals surface area contributed by atoms with E-state index in [4.69, 9.17) is 15.5 Å². The summed E-state index contributed by atoms with van der Waals surface area (Å²) in [5, 5.41) is 0. The van der Waals surface area contributed by atoms with Crippen molar-refractivity contribution in [3.63, 3.8) is 0 Å². The molecule has 1 aromatic rings. The zero-order valence-corrected chi connectivity index (χ0v) is 10.7. The van der Waals surface area contributed by atoms with Crippen LogP contribution in [0.1, 0.15) is 29.8 Å². The average molecular weight is 248 g/mol. The Labute approximate surface area is 107 Å². The van der Waals surface area contributed by atoms with Crippen LogP contribution in [0.25, 0.3) is 0 Å². The topological polar surface area (TPSA) is 64.3 Å². The Morgan fingerprint density at radius 1 is 1.11 bits per heavy atom. The summed E-state index contributed by atoms with van der Waals surface area (Å²) in [7, 11) is 0. The summed E-state index contributed by atoms with van der Waals surface area (Å²) in [6.45, 7) is 3.80. The third-order valence-electron chi connectivity index (χ3n) is 3.74. The van der Waals surface area contributed by atoms with Gasteiger partial charge in [0.05, 0.1) is 18.9 Å². The molecule has 0 aromatic carbocycles. The quantitative estimate of drug-likeness (QED) is 0.832. The number of morpholine rings is 1. The van der Waals surface area contributed by atoms with Crippen LogP contribution in [-0.4, -0.2) is 36.3 Å². The Bertz CT molecular complexity index is 412. The highest BCUT2D eigenvalue weighted by Crippen LogP contribution is 2.24. The van der Waals surface area contributed by atoms with Gasteiger partial charge in [0.2, 0.25) is 5.95 Å². The van der Waals surface area contributed by atoms with Gasteiger partial charge in [0, 0.05) is 25.3 Å². The standard InChI is InChI=1S/C13H20N4O/c14-9-12-10-3-1-2-4-11(10)15-13(16-12)17-5-7-18-8-6-17/h1-9,14H2. The summed E-state index contributed by atoms with van der Waals surface area (Å²) < 4.78 is 5.37. The monoisotopic (exact) mass is 248 g/mol. The van der Waals surface area contributed by atoms with Gasteiger partial charge in [-0.2, -0.15) is 0 Å². The predicted octanol–water partition coefficient (Wildman–Crippen LogP) is 0.651. The molecule has 0 saturated carbocycles. The molecule has 2 N–H and O–H groups in total. The van der Waals surface area contributed by atoms with Crippen molar-refractivity contribution >= 4 is 5.95 Å². The fourth-order valence-corrected chi connectivity index (χ4v) is 2.73. The van der Waals surface area contributed by atoms with Crippen LogP contribution in [-0.2, 0) is 24.1 Å². The van der Waals surface area contributed by atoms with Crippen LogP contribution in [0.15, 0.2) is 0 Å². The lowest BCUT2D eigenvalue weighted by atomic mass is 9.94. The molecule has 18 heavy (non-hydrogen) atoms. The zero-order valence-electron chi connectivity index (χ0n) is 10.7. The molecule has 2 aliphatic rings. The van der Waals surface area contributed by atoms with Gasteiger partial charge in [0.1, 0.15) is 0 Å². The van der Waals surface area contributed by atoms with E-state index >= 15 is 0 Å². The molecule has 1 aliphatic heterocycles. The number of aryl methyl sites for hydroxylation is 1. The minimum absolute atomic E-state index is 0.516.